The van der Waals surface area contributed by atoms with Gasteiger partial charge in [-0.05, 0) is 44.9 Å². The number of nitrogens with zero attached hydrogens (tertiary/aromatic N) is 5. The summed E-state index contributed by atoms with van der Waals surface area (Å²) in [4.78, 5) is 43.1. The summed E-state index contributed by atoms with van der Waals surface area (Å²) in [5.74, 6) is 1.75. The molecule has 12 heteroatoms. The largest absolute Gasteiger partial charge is 0.469 e. The first kappa shape index (κ1) is 26.3. The number of hydrogen-bond donors (Lipinski definition) is 2. The highest BCUT2D eigenvalue weighted by Gasteiger charge is 2.43. The van der Waals surface area contributed by atoms with Crippen molar-refractivity contribution in [1.82, 2.24) is 19.9 Å². The van der Waals surface area contributed by atoms with Gasteiger partial charge in [0, 0.05) is 37.7 Å². The number of rotatable bonds is 9. The van der Waals surface area contributed by atoms with E-state index >= 15 is 0 Å². The van der Waals surface area contributed by atoms with Crippen molar-refractivity contribution in [2.24, 2.45) is 0 Å². The maximum atomic E-state index is 12.8. The average Bonchev–Trinajstić information content (AvgIpc) is 3.62. The summed E-state index contributed by atoms with van der Waals surface area (Å²) in [5, 5.41) is 7.17. The second-order valence-corrected chi connectivity index (χ2v) is 11.0. The van der Waals surface area contributed by atoms with Gasteiger partial charge in [-0.25, -0.2) is 15.0 Å². The SMILES string of the molecule is COC(=O)CCCN1C[C@H]2C[C@@H]1CN2c1cc(Nc2ncc(C(=O)Nc3c(C)cccc3Cl)s2)nc(C)n1. The van der Waals surface area contributed by atoms with Gasteiger partial charge in [0.05, 0.1) is 24.0 Å². The van der Waals surface area contributed by atoms with Gasteiger partial charge in [-0.1, -0.05) is 35.1 Å². The molecule has 5 rings (SSSR count). The molecular weight excluding hydrogens is 526 g/mol. The lowest BCUT2D eigenvalue weighted by molar-refractivity contribution is -0.140. The summed E-state index contributed by atoms with van der Waals surface area (Å²) in [7, 11) is 1.43. The molecule has 38 heavy (non-hydrogen) atoms. The van der Waals surface area contributed by atoms with Gasteiger partial charge in [0.2, 0.25) is 0 Å². The van der Waals surface area contributed by atoms with Crippen LogP contribution in [0.15, 0.2) is 30.5 Å². The molecule has 0 radical (unpaired) electrons. The van der Waals surface area contributed by atoms with Crippen LogP contribution in [0.2, 0.25) is 5.02 Å². The predicted molar refractivity (Wildman–Crippen MR) is 149 cm³/mol. The number of carbonyl (C=O) groups is 2. The molecule has 200 valence electrons. The fraction of sp³-hybridized carbons (Fsp3) is 0.423. The van der Waals surface area contributed by atoms with Crippen LogP contribution in [0.25, 0.3) is 0 Å². The third-order valence-corrected chi connectivity index (χ3v) is 8.18. The van der Waals surface area contributed by atoms with Crippen LogP contribution < -0.4 is 15.5 Å². The number of thiazole rings is 1. The van der Waals surface area contributed by atoms with Gasteiger partial charge in [0.25, 0.3) is 5.91 Å². The fourth-order valence-corrected chi connectivity index (χ4v) is 6.09. The third-order valence-electron chi connectivity index (χ3n) is 6.95. The van der Waals surface area contributed by atoms with Crippen LogP contribution in [0.5, 0.6) is 0 Å². The Kier molecular flexibility index (Phi) is 7.78. The van der Waals surface area contributed by atoms with E-state index in [1.165, 1.54) is 24.6 Å². The molecule has 2 aliphatic rings. The van der Waals surface area contributed by atoms with Crippen LogP contribution in [-0.4, -0.2) is 70.6 Å². The maximum absolute atomic E-state index is 12.8. The number of likely N-dealkylation sites (tertiary alicyclic amines) is 1. The van der Waals surface area contributed by atoms with E-state index in [4.69, 9.17) is 21.3 Å². The minimum Gasteiger partial charge on any atom is -0.469 e. The maximum Gasteiger partial charge on any atom is 0.305 e. The Bertz CT molecular complexity index is 1330. The van der Waals surface area contributed by atoms with E-state index in [0.29, 0.717) is 50.9 Å². The zero-order valence-electron chi connectivity index (χ0n) is 21.5. The summed E-state index contributed by atoms with van der Waals surface area (Å²) >= 11 is 7.49. The number of nitrogens with one attached hydrogen (secondary N) is 2. The molecule has 0 saturated carbocycles. The number of para-hydroxylation sites is 1. The summed E-state index contributed by atoms with van der Waals surface area (Å²) in [6, 6.07) is 8.24. The number of benzene rings is 1. The van der Waals surface area contributed by atoms with Gasteiger partial charge >= 0.3 is 5.97 Å². The standard InChI is InChI=1S/C26H30ClN7O3S/c1-15-6-4-7-19(27)24(15)32-25(36)20-12-28-26(38-20)31-21-11-22(30-16(2)29-21)34-14-17-10-18(34)13-33(17)9-5-8-23(35)37-3/h4,6-7,11-12,17-18H,5,8-10,13-14H2,1-3H3,(H,32,36)(H,28,29,30,31)/t17-,18-/m1/s1. The van der Waals surface area contributed by atoms with Crippen LogP contribution in [0, 0.1) is 13.8 Å². The van der Waals surface area contributed by atoms with E-state index in [9.17, 15) is 9.59 Å². The van der Waals surface area contributed by atoms with Gasteiger partial charge in [-0.3, -0.25) is 14.5 Å². The molecular formula is C26H30ClN7O3S. The van der Waals surface area contributed by atoms with E-state index in [2.05, 4.69) is 30.4 Å². The van der Waals surface area contributed by atoms with Gasteiger partial charge in [-0.2, -0.15) is 0 Å². The number of amides is 1. The monoisotopic (exact) mass is 555 g/mol. The number of aromatic nitrogens is 3. The molecule has 4 heterocycles. The number of aryl methyl sites for hydroxylation is 2. The zero-order chi connectivity index (χ0) is 26.8. The van der Waals surface area contributed by atoms with Gasteiger partial charge in [0.1, 0.15) is 22.3 Å². The summed E-state index contributed by atoms with van der Waals surface area (Å²) in [6.07, 6.45) is 3.88. The number of anilines is 4. The molecule has 0 aliphatic carbocycles. The van der Waals surface area contributed by atoms with Crippen molar-refractivity contribution in [3.8, 4) is 0 Å². The van der Waals surface area contributed by atoms with E-state index < -0.39 is 0 Å². The van der Waals surface area contributed by atoms with Crippen molar-refractivity contribution >= 4 is 57.3 Å². The van der Waals surface area contributed by atoms with Crippen LogP contribution in [0.1, 0.15) is 40.3 Å². The summed E-state index contributed by atoms with van der Waals surface area (Å²) in [5.41, 5.74) is 1.48. The molecule has 0 spiro atoms. The number of halogens is 1. The van der Waals surface area contributed by atoms with Crippen molar-refractivity contribution in [2.75, 3.05) is 42.3 Å². The number of piperazine rings is 1. The van der Waals surface area contributed by atoms with E-state index in [0.717, 1.165) is 43.9 Å². The Morgan fingerprint density at radius 1 is 1.21 bits per heavy atom. The molecule has 2 aromatic heterocycles. The minimum absolute atomic E-state index is 0.156. The number of methoxy groups -OCH3 is 1. The molecule has 0 unspecified atom stereocenters. The lowest BCUT2D eigenvalue weighted by Crippen LogP contribution is -2.47. The lowest BCUT2D eigenvalue weighted by atomic mass is 10.2. The lowest BCUT2D eigenvalue weighted by Gasteiger charge is -2.35. The highest BCUT2D eigenvalue weighted by Crippen LogP contribution is 2.35. The molecule has 2 fully saturated rings. The molecule has 2 aliphatic heterocycles. The predicted octanol–water partition coefficient (Wildman–Crippen LogP) is 4.42. The van der Waals surface area contributed by atoms with Crippen LogP contribution in [0.4, 0.5) is 22.5 Å². The minimum atomic E-state index is -0.268. The van der Waals surface area contributed by atoms with Crippen molar-refractivity contribution < 1.29 is 14.3 Å². The average molecular weight is 556 g/mol. The van der Waals surface area contributed by atoms with Crippen LogP contribution in [-0.2, 0) is 9.53 Å². The Balaban J connectivity index is 1.21. The second-order valence-electron chi connectivity index (χ2n) is 9.57. The number of ether oxygens (including phenoxy) is 1. The Labute approximate surface area is 230 Å². The number of hydrogen-bond acceptors (Lipinski definition) is 10. The molecule has 10 nitrogen and oxygen atoms in total. The number of esters is 1. The highest BCUT2D eigenvalue weighted by atomic mass is 35.5. The first-order valence-corrected chi connectivity index (χ1v) is 13.7. The second kappa shape index (κ2) is 11.2. The van der Waals surface area contributed by atoms with E-state index in [1.54, 1.807) is 6.07 Å². The Morgan fingerprint density at radius 2 is 2.05 bits per heavy atom. The van der Waals surface area contributed by atoms with Gasteiger partial charge in [-0.15, -0.1) is 0 Å². The molecule has 3 aromatic rings. The smallest absolute Gasteiger partial charge is 0.305 e. The Morgan fingerprint density at radius 3 is 2.79 bits per heavy atom. The molecule has 2 bridgehead atoms. The summed E-state index contributed by atoms with van der Waals surface area (Å²) in [6.45, 7) is 6.50. The van der Waals surface area contributed by atoms with E-state index in [-0.39, 0.29) is 11.9 Å². The first-order chi connectivity index (χ1) is 18.3. The van der Waals surface area contributed by atoms with Crippen molar-refractivity contribution in [3.05, 3.63) is 51.7 Å². The fourth-order valence-electron chi connectivity index (χ4n) is 5.11. The summed E-state index contributed by atoms with van der Waals surface area (Å²) < 4.78 is 4.75. The number of fused-ring (bicyclic) bond motifs is 2. The van der Waals surface area contributed by atoms with E-state index in [1.807, 2.05) is 32.0 Å². The molecule has 2 N–H and O–H groups in total. The van der Waals surface area contributed by atoms with Crippen LogP contribution in [0.3, 0.4) is 0 Å². The first-order valence-electron chi connectivity index (χ1n) is 12.5. The highest BCUT2D eigenvalue weighted by molar-refractivity contribution is 7.17. The van der Waals surface area contributed by atoms with Gasteiger partial charge < -0.3 is 20.3 Å². The third kappa shape index (κ3) is 5.74. The van der Waals surface area contributed by atoms with Crippen LogP contribution >= 0.6 is 22.9 Å². The number of carbonyl (C=O) groups excluding carboxylic acids is 2. The van der Waals surface area contributed by atoms with Crippen molar-refractivity contribution in [1.29, 1.82) is 0 Å². The molecule has 2 atom stereocenters. The zero-order valence-corrected chi connectivity index (χ0v) is 23.1. The quantitative estimate of drug-likeness (QED) is 0.370. The Hall–Kier alpha value is -3.28. The normalized spacial score (nSPS) is 18.6. The molecule has 1 aromatic carbocycles. The van der Waals surface area contributed by atoms with Crippen molar-refractivity contribution in [2.45, 2.75) is 45.2 Å². The van der Waals surface area contributed by atoms with Gasteiger partial charge in [0.15, 0.2) is 5.13 Å². The topological polar surface area (TPSA) is 113 Å². The molecule has 1 amide bonds. The van der Waals surface area contributed by atoms with Crippen molar-refractivity contribution in [3.63, 3.8) is 0 Å². The molecule has 2 saturated heterocycles.